The van der Waals surface area contributed by atoms with E-state index in [9.17, 15) is 18.0 Å². The van der Waals surface area contributed by atoms with Crippen molar-refractivity contribution < 1.29 is 45.9 Å². The summed E-state index contributed by atoms with van der Waals surface area (Å²) in [6, 6.07) is 12.2. The number of hydrogen-bond acceptors (Lipinski definition) is 10. The van der Waals surface area contributed by atoms with Gasteiger partial charge >= 0.3 is 22.3 Å². The van der Waals surface area contributed by atoms with E-state index in [0.717, 1.165) is 98.3 Å². The van der Waals surface area contributed by atoms with Gasteiger partial charge in [-0.3, -0.25) is 4.90 Å². The lowest BCUT2D eigenvalue weighted by Crippen LogP contribution is -2.47. The van der Waals surface area contributed by atoms with Crippen LogP contribution in [-0.2, 0) is 52.7 Å². The SMILES string of the molecule is CCCCCc1cc(CCCCOCCCCCCN2CC(c3ccc4c(c3)COC(C)(C)O4)OC2=O)cc(S(=O)(=O)OC(=O)N(COCC[Si](C)(C)C)C(C)(C)C)c1. The summed E-state index contributed by atoms with van der Waals surface area (Å²) < 4.78 is 61.5. The van der Waals surface area contributed by atoms with Gasteiger partial charge in [0, 0.05) is 59.4 Å². The molecule has 1 fully saturated rings. The minimum atomic E-state index is -4.37. The monoisotopic (exact) mass is 860 g/mol. The summed E-state index contributed by atoms with van der Waals surface area (Å²) in [6.07, 6.45) is 8.52. The Labute approximate surface area is 355 Å². The Morgan fingerprint density at radius 3 is 2.22 bits per heavy atom. The van der Waals surface area contributed by atoms with Gasteiger partial charge in [0.1, 0.15) is 23.5 Å². The van der Waals surface area contributed by atoms with Crippen LogP contribution in [0.15, 0.2) is 41.3 Å². The van der Waals surface area contributed by atoms with Gasteiger partial charge in [0.2, 0.25) is 5.79 Å². The molecule has 2 aliphatic rings. The number of rotatable bonds is 24. The molecule has 2 aromatic rings. The molecular weight excluding hydrogens is 789 g/mol. The maximum Gasteiger partial charge on any atom is 0.427 e. The zero-order valence-corrected chi connectivity index (χ0v) is 39.2. The van der Waals surface area contributed by atoms with Gasteiger partial charge in [-0.25, -0.2) is 9.59 Å². The predicted molar refractivity (Wildman–Crippen MR) is 233 cm³/mol. The van der Waals surface area contributed by atoms with Crippen molar-refractivity contribution in [3.63, 3.8) is 0 Å². The minimum Gasteiger partial charge on any atom is -0.463 e. The van der Waals surface area contributed by atoms with Crippen molar-refractivity contribution in [2.45, 2.75) is 167 Å². The smallest absolute Gasteiger partial charge is 0.427 e. The summed E-state index contributed by atoms with van der Waals surface area (Å²) in [5.74, 6) is 0.153. The molecule has 12 nitrogen and oxygen atoms in total. The number of aryl methyl sites for hydroxylation is 2. The second-order valence-electron chi connectivity index (χ2n) is 18.7. The fourth-order valence-corrected chi connectivity index (χ4v) is 8.62. The molecule has 0 aromatic heterocycles. The zero-order chi connectivity index (χ0) is 43.3. The maximum atomic E-state index is 13.6. The molecule has 0 N–H and O–H groups in total. The first-order valence-corrected chi connectivity index (χ1v) is 26.8. The van der Waals surface area contributed by atoms with Gasteiger partial charge in [-0.2, -0.15) is 8.42 Å². The summed E-state index contributed by atoms with van der Waals surface area (Å²) in [4.78, 5) is 29.0. The van der Waals surface area contributed by atoms with Crippen LogP contribution >= 0.6 is 0 Å². The van der Waals surface area contributed by atoms with Crippen molar-refractivity contribution in [2.24, 2.45) is 0 Å². The third kappa shape index (κ3) is 16.3. The van der Waals surface area contributed by atoms with Crippen LogP contribution in [0.4, 0.5) is 9.59 Å². The van der Waals surface area contributed by atoms with Crippen LogP contribution in [-0.4, -0.2) is 89.4 Å². The minimum absolute atomic E-state index is 0.00536. The van der Waals surface area contributed by atoms with Crippen LogP contribution in [0.2, 0.25) is 25.7 Å². The Morgan fingerprint density at radius 1 is 0.898 bits per heavy atom. The number of amides is 2. The van der Waals surface area contributed by atoms with Crippen molar-refractivity contribution in [2.75, 3.05) is 39.6 Å². The van der Waals surface area contributed by atoms with Gasteiger partial charge in [0.15, 0.2) is 0 Å². The molecule has 59 heavy (non-hydrogen) atoms. The Hall–Kier alpha value is -3.17. The van der Waals surface area contributed by atoms with Crippen LogP contribution in [0.5, 0.6) is 5.75 Å². The average molecular weight is 861 g/mol. The maximum absolute atomic E-state index is 13.6. The van der Waals surface area contributed by atoms with Crippen LogP contribution in [0, 0.1) is 0 Å². The van der Waals surface area contributed by atoms with Crippen LogP contribution in [0.3, 0.4) is 0 Å². The Morgan fingerprint density at radius 2 is 1.56 bits per heavy atom. The molecule has 0 radical (unpaired) electrons. The van der Waals surface area contributed by atoms with Crippen molar-refractivity contribution in [1.29, 1.82) is 0 Å². The Kier molecular flexibility index (Phi) is 18.1. The second-order valence-corrected chi connectivity index (χ2v) is 25.8. The number of carbonyl (C=O) groups is 2. The van der Waals surface area contributed by atoms with Gasteiger partial charge < -0.3 is 32.8 Å². The third-order valence-corrected chi connectivity index (χ3v) is 13.4. The fraction of sp³-hybridized carbons (Fsp3) is 0.689. The lowest BCUT2D eigenvalue weighted by molar-refractivity contribution is -0.180. The van der Waals surface area contributed by atoms with Gasteiger partial charge in [0.25, 0.3) is 0 Å². The zero-order valence-electron chi connectivity index (χ0n) is 37.4. The number of unbranched alkanes of at least 4 members (excludes halogenated alkanes) is 6. The molecule has 1 saturated heterocycles. The van der Waals surface area contributed by atoms with Crippen LogP contribution in [0.25, 0.3) is 0 Å². The molecule has 0 aliphatic carbocycles. The van der Waals surface area contributed by atoms with Crippen molar-refractivity contribution in [1.82, 2.24) is 9.80 Å². The normalized spacial score (nSPS) is 16.7. The van der Waals surface area contributed by atoms with E-state index in [1.807, 2.05) is 52.8 Å². The molecule has 0 spiro atoms. The highest BCUT2D eigenvalue weighted by Crippen LogP contribution is 2.35. The lowest BCUT2D eigenvalue weighted by Gasteiger charge is -2.34. The highest BCUT2D eigenvalue weighted by molar-refractivity contribution is 7.87. The van der Waals surface area contributed by atoms with Crippen molar-refractivity contribution >= 4 is 30.4 Å². The molecule has 2 heterocycles. The fourth-order valence-electron chi connectivity index (χ4n) is 6.90. The molecule has 332 valence electrons. The number of hydrogen-bond donors (Lipinski definition) is 0. The van der Waals surface area contributed by atoms with E-state index in [4.69, 9.17) is 27.9 Å². The number of carbonyl (C=O) groups excluding carboxylic acids is 2. The first-order valence-electron chi connectivity index (χ1n) is 21.7. The van der Waals surface area contributed by atoms with E-state index in [0.29, 0.717) is 45.9 Å². The summed E-state index contributed by atoms with van der Waals surface area (Å²) in [6.45, 7) is 21.6. The van der Waals surface area contributed by atoms with Crippen LogP contribution in [0.1, 0.15) is 128 Å². The van der Waals surface area contributed by atoms with E-state index in [1.54, 1.807) is 17.0 Å². The first kappa shape index (κ1) is 48.5. The summed E-state index contributed by atoms with van der Waals surface area (Å²) in [5.41, 5.74) is 3.04. The molecule has 4 rings (SSSR count). The Bertz CT molecular complexity index is 1770. The molecule has 1 unspecified atom stereocenters. The number of benzene rings is 2. The summed E-state index contributed by atoms with van der Waals surface area (Å²) in [5, 5.41) is 0. The van der Waals surface area contributed by atoms with E-state index in [1.165, 1.54) is 4.90 Å². The summed E-state index contributed by atoms with van der Waals surface area (Å²) >= 11 is 0. The van der Waals surface area contributed by atoms with Crippen LogP contribution < -0.4 is 4.74 Å². The molecule has 0 saturated carbocycles. The standard InChI is InChI=1S/C45H72N2O10SSi/c1-10-11-14-19-35-28-36(30-39(29-35)58(50,51)57-43(49)47(44(2,3)4)34-53-26-27-59(7,8)9)20-15-18-25-52-24-17-13-12-16-23-46-32-41(55-42(46)48)37-21-22-40-38(31-37)33-54-45(5,6)56-40/h21-22,28-31,41H,10-20,23-27,32-34H2,1-9H3. The molecule has 0 bridgehead atoms. The third-order valence-electron chi connectivity index (χ3n) is 10.6. The lowest BCUT2D eigenvalue weighted by atomic mass is 10.0. The van der Waals surface area contributed by atoms with Crippen molar-refractivity contribution in [3.05, 3.63) is 58.7 Å². The first-order chi connectivity index (χ1) is 27.8. The summed E-state index contributed by atoms with van der Waals surface area (Å²) in [7, 11) is -5.70. The van der Waals surface area contributed by atoms with E-state index >= 15 is 0 Å². The van der Waals surface area contributed by atoms with E-state index in [2.05, 4.69) is 32.6 Å². The quantitative estimate of drug-likeness (QED) is 0.0435. The topological polar surface area (TPSA) is 130 Å². The van der Waals surface area contributed by atoms with Gasteiger partial charge in [-0.15, -0.1) is 0 Å². The second kappa shape index (κ2) is 22.1. The molecule has 2 aromatic carbocycles. The van der Waals surface area contributed by atoms with Gasteiger partial charge in [-0.1, -0.05) is 64.4 Å². The molecular formula is C45H72N2O10SSi. The number of ether oxygens (including phenoxy) is 5. The average Bonchev–Trinajstić information content (AvgIpc) is 3.51. The van der Waals surface area contributed by atoms with E-state index in [-0.39, 0.29) is 23.8 Å². The number of nitrogens with zero attached hydrogens (tertiary/aromatic N) is 2. The van der Waals surface area contributed by atoms with E-state index < -0.39 is 35.6 Å². The molecule has 2 amide bonds. The highest BCUT2D eigenvalue weighted by Gasteiger charge is 2.35. The predicted octanol–water partition coefficient (Wildman–Crippen LogP) is 10.4. The number of cyclic esters (lactones) is 1. The van der Waals surface area contributed by atoms with Gasteiger partial charge in [0.05, 0.1) is 13.2 Å². The van der Waals surface area contributed by atoms with Crippen molar-refractivity contribution in [3.8, 4) is 5.75 Å². The van der Waals surface area contributed by atoms with Gasteiger partial charge in [-0.05, 0) is 113 Å². The molecule has 2 aliphatic heterocycles. The molecule has 1 atom stereocenters. The molecule has 14 heteroatoms. The Balaban J connectivity index is 1.16. The largest absolute Gasteiger partial charge is 0.463 e. The highest BCUT2D eigenvalue weighted by atomic mass is 32.2. The number of fused-ring (bicyclic) bond motifs is 1.